The van der Waals surface area contributed by atoms with Gasteiger partial charge in [0.15, 0.2) is 11.0 Å². The lowest BCUT2D eigenvalue weighted by Crippen LogP contribution is -2.14. The molecule has 0 aliphatic rings. The molecule has 33 heavy (non-hydrogen) atoms. The lowest BCUT2D eigenvalue weighted by Gasteiger charge is -2.05. The number of para-hydroxylation sites is 1. The Hall–Kier alpha value is -4.37. The van der Waals surface area contributed by atoms with E-state index in [0.29, 0.717) is 16.6 Å². The van der Waals surface area contributed by atoms with Crippen LogP contribution in [0.3, 0.4) is 0 Å². The van der Waals surface area contributed by atoms with Crippen LogP contribution in [0.5, 0.6) is 0 Å². The summed E-state index contributed by atoms with van der Waals surface area (Å²) in [4.78, 5) is 33.2. The number of thiazole rings is 1. The quantitative estimate of drug-likeness (QED) is 0.399. The van der Waals surface area contributed by atoms with Crippen LogP contribution >= 0.6 is 11.3 Å². The maximum Gasteiger partial charge on any atom is 0.295 e. The summed E-state index contributed by atoms with van der Waals surface area (Å²) < 4.78 is 2.50. The zero-order valence-corrected chi connectivity index (χ0v) is 18.3. The van der Waals surface area contributed by atoms with Crippen molar-refractivity contribution >= 4 is 44.2 Å². The van der Waals surface area contributed by atoms with E-state index in [9.17, 15) is 9.59 Å². The topological polar surface area (TPSA) is 102 Å². The molecule has 0 spiro atoms. The second-order valence-corrected chi connectivity index (χ2v) is 8.24. The molecule has 0 aliphatic carbocycles. The van der Waals surface area contributed by atoms with Crippen LogP contribution in [-0.2, 0) is 4.79 Å². The first-order chi connectivity index (χ1) is 16.1. The van der Waals surface area contributed by atoms with Crippen LogP contribution in [0.2, 0.25) is 0 Å². The highest BCUT2D eigenvalue weighted by atomic mass is 32.1. The lowest BCUT2D eigenvalue weighted by molar-refractivity contribution is -0.114. The fourth-order valence-corrected chi connectivity index (χ4v) is 4.28. The minimum atomic E-state index is -0.423. The monoisotopic (exact) mass is 454 g/mol. The van der Waals surface area contributed by atoms with Crippen LogP contribution in [-0.4, -0.2) is 31.6 Å². The van der Waals surface area contributed by atoms with Crippen molar-refractivity contribution in [3.63, 3.8) is 0 Å². The number of anilines is 2. The van der Waals surface area contributed by atoms with Gasteiger partial charge in [0.05, 0.1) is 15.9 Å². The number of fused-ring (bicyclic) bond motifs is 1. The van der Waals surface area contributed by atoms with Gasteiger partial charge in [0.1, 0.15) is 0 Å². The Morgan fingerprint density at radius 2 is 1.61 bits per heavy atom. The Labute approximate surface area is 192 Å². The molecule has 5 aromatic rings. The molecular weight excluding hydrogens is 436 g/mol. The fraction of sp³-hybridized carbons (Fsp3) is 0.0417. The van der Waals surface area contributed by atoms with Crippen LogP contribution in [0.4, 0.5) is 10.8 Å². The molecule has 2 N–H and O–H groups in total. The van der Waals surface area contributed by atoms with Crippen molar-refractivity contribution in [3.8, 4) is 17.1 Å². The number of nitrogens with zero attached hydrogens (tertiary/aromatic N) is 4. The average Bonchev–Trinajstić information content (AvgIpc) is 3.44. The van der Waals surface area contributed by atoms with Gasteiger partial charge in [-0.3, -0.25) is 9.59 Å². The van der Waals surface area contributed by atoms with E-state index in [4.69, 9.17) is 0 Å². The van der Waals surface area contributed by atoms with E-state index >= 15 is 0 Å². The van der Waals surface area contributed by atoms with Crippen LogP contribution < -0.4 is 10.6 Å². The maximum absolute atomic E-state index is 13.0. The molecule has 0 radical (unpaired) electrons. The van der Waals surface area contributed by atoms with E-state index in [-0.39, 0.29) is 11.7 Å². The van der Waals surface area contributed by atoms with E-state index in [2.05, 4.69) is 25.7 Å². The molecule has 0 saturated carbocycles. The Balaban J connectivity index is 1.46. The van der Waals surface area contributed by atoms with Crippen molar-refractivity contribution in [1.29, 1.82) is 0 Å². The normalized spacial score (nSPS) is 10.8. The van der Waals surface area contributed by atoms with Crippen LogP contribution in [0.15, 0.2) is 78.9 Å². The number of nitrogens with one attached hydrogen (secondary N) is 2. The lowest BCUT2D eigenvalue weighted by atomic mass is 10.2. The first-order valence-electron chi connectivity index (χ1n) is 10.1. The van der Waals surface area contributed by atoms with E-state index in [1.165, 1.54) is 18.3 Å². The highest BCUT2D eigenvalue weighted by Gasteiger charge is 2.19. The van der Waals surface area contributed by atoms with E-state index in [1.807, 2.05) is 66.7 Å². The molecule has 0 unspecified atom stereocenters. The van der Waals surface area contributed by atoms with Gasteiger partial charge in [0.2, 0.25) is 11.7 Å². The Kier molecular flexibility index (Phi) is 5.37. The van der Waals surface area contributed by atoms with Gasteiger partial charge >= 0.3 is 0 Å². The van der Waals surface area contributed by atoms with Gasteiger partial charge in [0, 0.05) is 18.2 Å². The molecule has 3 aromatic carbocycles. The molecule has 0 fully saturated rings. The van der Waals surface area contributed by atoms with E-state index < -0.39 is 5.91 Å². The Bertz CT molecular complexity index is 1400. The molecule has 0 bridgehead atoms. The minimum absolute atomic E-state index is 0.0565. The number of rotatable bonds is 5. The number of hydrogen-bond donors (Lipinski definition) is 2. The standard InChI is InChI=1S/C24H18N6O2S/c1-15(31)25-24-27-19-13-12-17(14-20(19)33-24)26-23(32)21-28-22(16-8-4-2-5-9-16)30(29-21)18-10-6-3-7-11-18/h2-14H,1H3,(H,26,32)(H,25,27,31). The maximum atomic E-state index is 13.0. The third kappa shape index (κ3) is 4.35. The summed E-state index contributed by atoms with van der Waals surface area (Å²) in [7, 11) is 0. The molecule has 0 atom stereocenters. The minimum Gasteiger partial charge on any atom is -0.319 e. The molecule has 5 rings (SSSR count). The zero-order chi connectivity index (χ0) is 22.8. The smallest absolute Gasteiger partial charge is 0.295 e. The van der Waals surface area contributed by atoms with Gasteiger partial charge in [-0.25, -0.2) is 14.6 Å². The van der Waals surface area contributed by atoms with Crippen molar-refractivity contribution in [2.45, 2.75) is 6.92 Å². The third-order valence-electron chi connectivity index (χ3n) is 4.77. The summed E-state index contributed by atoms with van der Waals surface area (Å²) in [6.45, 7) is 1.43. The average molecular weight is 455 g/mol. The van der Waals surface area contributed by atoms with Gasteiger partial charge in [-0.05, 0) is 30.3 Å². The van der Waals surface area contributed by atoms with Crippen molar-refractivity contribution < 1.29 is 9.59 Å². The number of hydrogen-bond acceptors (Lipinski definition) is 6. The molecular formula is C24H18N6O2S. The van der Waals surface area contributed by atoms with E-state index in [1.54, 1.807) is 16.8 Å². The Morgan fingerprint density at radius 3 is 2.33 bits per heavy atom. The van der Waals surface area contributed by atoms with Gasteiger partial charge < -0.3 is 10.6 Å². The van der Waals surface area contributed by atoms with Gasteiger partial charge in [-0.2, -0.15) is 0 Å². The van der Waals surface area contributed by atoms with Crippen molar-refractivity contribution in [2.75, 3.05) is 10.6 Å². The molecule has 0 saturated heterocycles. The third-order valence-corrected chi connectivity index (χ3v) is 5.71. The van der Waals surface area contributed by atoms with Crippen molar-refractivity contribution in [1.82, 2.24) is 19.7 Å². The van der Waals surface area contributed by atoms with Gasteiger partial charge in [0.25, 0.3) is 5.91 Å². The second-order valence-electron chi connectivity index (χ2n) is 7.21. The van der Waals surface area contributed by atoms with E-state index in [0.717, 1.165) is 21.5 Å². The molecule has 0 aliphatic heterocycles. The first-order valence-corrected chi connectivity index (χ1v) is 11.0. The molecule has 9 heteroatoms. The molecule has 2 heterocycles. The van der Waals surface area contributed by atoms with Crippen molar-refractivity contribution in [3.05, 3.63) is 84.7 Å². The first kappa shape index (κ1) is 20.5. The summed E-state index contributed by atoms with van der Waals surface area (Å²) in [6, 6.07) is 24.5. The SMILES string of the molecule is CC(=O)Nc1nc2ccc(NC(=O)c3nc(-c4ccccc4)n(-c4ccccc4)n3)cc2s1. The Morgan fingerprint density at radius 1 is 0.879 bits per heavy atom. The zero-order valence-electron chi connectivity index (χ0n) is 17.5. The predicted molar refractivity (Wildman–Crippen MR) is 129 cm³/mol. The van der Waals surface area contributed by atoms with Crippen LogP contribution in [0, 0.1) is 0 Å². The van der Waals surface area contributed by atoms with Crippen LogP contribution in [0.1, 0.15) is 17.5 Å². The number of benzene rings is 3. The highest BCUT2D eigenvalue weighted by Crippen LogP contribution is 2.29. The summed E-state index contributed by atoms with van der Waals surface area (Å²) >= 11 is 1.33. The number of aromatic nitrogens is 4. The number of carbonyl (C=O) groups excluding carboxylic acids is 2. The molecule has 162 valence electrons. The molecule has 2 aromatic heterocycles. The largest absolute Gasteiger partial charge is 0.319 e. The number of carbonyl (C=O) groups is 2. The summed E-state index contributed by atoms with van der Waals surface area (Å²) in [6.07, 6.45) is 0. The summed E-state index contributed by atoms with van der Waals surface area (Å²) in [5, 5.41) is 10.5. The molecule has 2 amide bonds. The number of amides is 2. The van der Waals surface area contributed by atoms with Crippen molar-refractivity contribution in [2.24, 2.45) is 0 Å². The van der Waals surface area contributed by atoms with Crippen LogP contribution in [0.25, 0.3) is 27.3 Å². The highest BCUT2D eigenvalue weighted by molar-refractivity contribution is 7.22. The van der Waals surface area contributed by atoms with Gasteiger partial charge in [-0.15, -0.1) is 5.10 Å². The molecule has 8 nitrogen and oxygen atoms in total. The van der Waals surface area contributed by atoms with Gasteiger partial charge in [-0.1, -0.05) is 59.9 Å². The summed E-state index contributed by atoms with van der Waals surface area (Å²) in [5.41, 5.74) is 2.98. The summed E-state index contributed by atoms with van der Waals surface area (Å²) in [5.74, 6) is 0.0237. The fourth-order valence-electron chi connectivity index (χ4n) is 3.32. The predicted octanol–water partition coefficient (Wildman–Crippen LogP) is 4.75. The second kappa shape index (κ2) is 8.64.